The lowest BCUT2D eigenvalue weighted by Crippen LogP contribution is -2.65. The molecule has 0 radical (unpaired) electrons. The highest BCUT2D eigenvalue weighted by Gasteiger charge is 2.49. The van der Waals surface area contributed by atoms with Crippen molar-refractivity contribution in [1.29, 1.82) is 0 Å². The quantitative estimate of drug-likeness (QED) is 0.492. The van der Waals surface area contributed by atoms with Crippen molar-refractivity contribution in [2.75, 3.05) is 0 Å². The Morgan fingerprint density at radius 2 is 1.31 bits per heavy atom. The van der Waals surface area contributed by atoms with Crippen molar-refractivity contribution in [3.05, 3.63) is 60.7 Å². The fourth-order valence-corrected chi connectivity index (χ4v) is 7.47. The summed E-state index contributed by atoms with van der Waals surface area (Å²) >= 11 is 0. The summed E-state index contributed by atoms with van der Waals surface area (Å²) in [5.41, 5.74) is 0. The van der Waals surface area contributed by atoms with E-state index in [2.05, 4.69) is 13.8 Å². The van der Waals surface area contributed by atoms with Gasteiger partial charge in [0.05, 0.1) is 0 Å². The van der Waals surface area contributed by atoms with Gasteiger partial charge in [-0.15, -0.1) is 0 Å². The molecule has 2 N–H and O–H groups in total. The third-order valence-corrected chi connectivity index (χ3v) is 9.85. The molecule has 0 amide bonds. The van der Waals surface area contributed by atoms with Gasteiger partial charge >= 0.3 is 5.97 Å². The molecule has 4 heteroatoms. The summed E-state index contributed by atoms with van der Waals surface area (Å²) in [7, 11) is -2.91. The molecular weight excluding hydrogens is 340 g/mol. The van der Waals surface area contributed by atoms with Crippen LogP contribution in [0.25, 0.3) is 0 Å². The minimum Gasteiger partial charge on any atom is -0.481 e. The van der Waals surface area contributed by atoms with Crippen molar-refractivity contribution in [3.8, 4) is 0 Å². The van der Waals surface area contributed by atoms with Gasteiger partial charge in [0.2, 0.25) is 0 Å². The molecular formula is C22H30O3Si. The van der Waals surface area contributed by atoms with Crippen LogP contribution >= 0.6 is 0 Å². The van der Waals surface area contributed by atoms with Gasteiger partial charge < -0.3 is 9.90 Å². The summed E-state index contributed by atoms with van der Waals surface area (Å²) in [6.07, 6.45) is 4.84. The number of unbranched alkanes of at least 4 members (excludes halogenated alkanes) is 3. The van der Waals surface area contributed by atoms with E-state index in [-0.39, 0.29) is 11.5 Å². The van der Waals surface area contributed by atoms with E-state index in [9.17, 15) is 9.59 Å². The maximum absolute atomic E-state index is 12.0. The van der Waals surface area contributed by atoms with Crippen LogP contribution in [0.4, 0.5) is 0 Å². The maximum atomic E-state index is 12.0. The van der Waals surface area contributed by atoms with E-state index in [0.29, 0.717) is 0 Å². The van der Waals surface area contributed by atoms with Crippen molar-refractivity contribution < 1.29 is 14.7 Å². The molecule has 3 nitrogen and oxygen atoms in total. The Hall–Kier alpha value is -1.91. The third kappa shape index (κ3) is 4.83. The molecule has 0 fully saturated rings. The number of carboxylic acids is 1. The Bertz CT molecular complexity index is 644. The number of carboxylic acid groups (broad SMARTS) is 1. The molecule has 0 atom stereocenters. The van der Waals surface area contributed by atoms with Crippen LogP contribution in [0.2, 0.25) is 5.04 Å². The Kier molecular flexibility index (Phi) is 7.18. The average Bonchev–Trinajstić information content (AvgIpc) is 2.65. The zero-order valence-corrected chi connectivity index (χ0v) is 16.8. The molecule has 0 aliphatic rings. The first kappa shape index (κ1) is 20.4. The SMILES string of the molecule is CC(C)(CCCCCCC(=O)O)[Si](O)(c1ccccc1)c1ccccc1. The summed E-state index contributed by atoms with van der Waals surface area (Å²) < 4.78 is 0. The lowest BCUT2D eigenvalue weighted by molar-refractivity contribution is -0.137. The van der Waals surface area contributed by atoms with Gasteiger partial charge in [-0.3, -0.25) is 4.79 Å². The molecule has 0 saturated carbocycles. The van der Waals surface area contributed by atoms with Crippen LogP contribution in [0.3, 0.4) is 0 Å². The molecule has 0 spiro atoms. The van der Waals surface area contributed by atoms with Crippen LogP contribution < -0.4 is 10.4 Å². The normalized spacial score (nSPS) is 12.1. The van der Waals surface area contributed by atoms with Crippen molar-refractivity contribution in [1.82, 2.24) is 0 Å². The molecule has 0 saturated heterocycles. The lowest BCUT2D eigenvalue weighted by Gasteiger charge is -2.41. The molecule has 0 bridgehead atoms. The first-order valence-electron chi connectivity index (χ1n) is 9.43. The number of benzene rings is 2. The predicted molar refractivity (Wildman–Crippen MR) is 110 cm³/mol. The summed E-state index contributed by atoms with van der Waals surface area (Å²) in [6.45, 7) is 4.35. The summed E-state index contributed by atoms with van der Waals surface area (Å²) in [6, 6.07) is 20.2. The fourth-order valence-electron chi connectivity index (χ4n) is 3.68. The number of aliphatic carboxylic acids is 1. The van der Waals surface area contributed by atoms with Crippen molar-refractivity contribution in [3.63, 3.8) is 0 Å². The number of hydrogen-bond donors (Lipinski definition) is 2. The van der Waals surface area contributed by atoms with Crippen molar-refractivity contribution >= 4 is 24.7 Å². The molecule has 0 aromatic heterocycles. The van der Waals surface area contributed by atoms with Crippen molar-refractivity contribution in [2.24, 2.45) is 0 Å². The predicted octanol–water partition coefficient (Wildman–Crippen LogP) is 3.94. The zero-order chi connectivity index (χ0) is 19.0. The van der Waals surface area contributed by atoms with E-state index in [4.69, 9.17) is 5.11 Å². The Morgan fingerprint density at radius 3 is 1.77 bits per heavy atom. The van der Waals surface area contributed by atoms with Gasteiger partial charge in [-0.05, 0) is 28.3 Å². The van der Waals surface area contributed by atoms with E-state index in [0.717, 1.165) is 42.5 Å². The van der Waals surface area contributed by atoms with Gasteiger partial charge in [0.1, 0.15) is 0 Å². The topological polar surface area (TPSA) is 57.5 Å². The van der Waals surface area contributed by atoms with Gasteiger partial charge in [-0.1, -0.05) is 93.8 Å². The molecule has 0 aliphatic carbocycles. The van der Waals surface area contributed by atoms with Crippen LogP contribution in [0.5, 0.6) is 0 Å². The highest BCUT2D eigenvalue weighted by Crippen LogP contribution is 2.40. The van der Waals surface area contributed by atoms with Crippen LogP contribution in [0.1, 0.15) is 52.4 Å². The smallest absolute Gasteiger partial charge is 0.303 e. The molecule has 2 aromatic carbocycles. The van der Waals surface area contributed by atoms with Gasteiger partial charge in [-0.2, -0.15) is 0 Å². The summed E-state index contributed by atoms with van der Waals surface area (Å²) in [5.74, 6) is -0.722. The zero-order valence-electron chi connectivity index (χ0n) is 15.8. The lowest BCUT2D eigenvalue weighted by atomic mass is 10.0. The molecule has 2 rings (SSSR count). The molecule has 140 valence electrons. The van der Waals surface area contributed by atoms with Crippen LogP contribution in [0, 0.1) is 0 Å². The Morgan fingerprint density at radius 1 is 0.846 bits per heavy atom. The Balaban J connectivity index is 2.15. The summed E-state index contributed by atoms with van der Waals surface area (Å²) in [4.78, 5) is 22.6. The number of carbonyl (C=O) groups is 1. The highest BCUT2D eigenvalue weighted by molar-refractivity contribution is 6.98. The molecule has 0 aliphatic heterocycles. The van der Waals surface area contributed by atoms with Crippen LogP contribution in [-0.4, -0.2) is 24.2 Å². The van der Waals surface area contributed by atoms with Gasteiger partial charge in [0.25, 0.3) is 8.32 Å². The van der Waals surface area contributed by atoms with Crippen LogP contribution in [-0.2, 0) is 4.79 Å². The minimum atomic E-state index is -2.91. The average molecular weight is 371 g/mol. The molecule has 0 unspecified atom stereocenters. The van der Waals surface area contributed by atoms with E-state index in [1.807, 2.05) is 60.7 Å². The number of hydrogen-bond acceptors (Lipinski definition) is 2. The highest BCUT2D eigenvalue weighted by atomic mass is 28.4. The van der Waals surface area contributed by atoms with E-state index >= 15 is 0 Å². The largest absolute Gasteiger partial charge is 0.481 e. The van der Waals surface area contributed by atoms with E-state index < -0.39 is 14.3 Å². The van der Waals surface area contributed by atoms with Gasteiger partial charge in [-0.25, -0.2) is 0 Å². The van der Waals surface area contributed by atoms with Crippen molar-refractivity contribution in [2.45, 2.75) is 57.4 Å². The second-order valence-electron chi connectivity index (χ2n) is 7.63. The fraction of sp³-hybridized carbons (Fsp3) is 0.409. The first-order chi connectivity index (χ1) is 12.4. The second-order valence-corrected chi connectivity index (χ2v) is 11.6. The second kappa shape index (κ2) is 9.15. The number of rotatable bonds is 10. The van der Waals surface area contributed by atoms with Crippen LogP contribution in [0.15, 0.2) is 60.7 Å². The third-order valence-electron chi connectivity index (χ3n) is 5.30. The molecule has 2 aromatic rings. The van der Waals surface area contributed by atoms with E-state index in [1.54, 1.807) is 0 Å². The van der Waals surface area contributed by atoms with Gasteiger partial charge in [0.15, 0.2) is 0 Å². The molecule has 26 heavy (non-hydrogen) atoms. The van der Waals surface area contributed by atoms with E-state index in [1.165, 1.54) is 0 Å². The first-order valence-corrected chi connectivity index (χ1v) is 11.4. The minimum absolute atomic E-state index is 0.220. The molecule has 0 heterocycles. The summed E-state index contributed by atoms with van der Waals surface area (Å²) in [5, 5.41) is 10.6. The monoisotopic (exact) mass is 370 g/mol. The standard InChI is InChI=1S/C22H30O3Si/c1-22(2,18-12-4-3-11-17-21(23)24)26(25,19-13-7-5-8-14-19)20-15-9-6-10-16-20/h5-10,13-16,25H,3-4,11-12,17-18H2,1-2H3,(H,23,24). The Labute approximate surface area is 157 Å². The van der Waals surface area contributed by atoms with Gasteiger partial charge in [0, 0.05) is 6.42 Å². The maximum Gasteiger partial charge on any atom is 0.303 e.